The normalized spacial score (nSPS) is 21.9. The van der Waals surface area contributed by atoms with Gasteiger partial charge in [-0.25, -0.2) is 9.59 Å². The van der Waals surface area contributed by atoms with Gasteiger partial charge in [-0.3, -0.25) is 4.79 Å². The average Bonchev–Trinajstić information content (AvgIpc) is 3.43. The van der Waals surface area contributed by atoms with Gasteiger partial charge in [-0.05, 0) is 47.4 Å². The van der Waals surface area contributed by atoms with E-state index in [9.17, 15) is 19.5 Å². The molecular formula is C27H30N2O5. The van der Waals surface area contributed by atoms with Gasteiger partial charge in [-0.15, -0.1) is 0 Å². The second-order valence-corrected chi connectivity index (χ2v) is 9.69. The van der Waals surface area contributed by atoms with Crippen molar-refractivity contribution in [1.82, 2.24) is 10.6 Å². The lowest BCUT2D eigenvalue weighted by Crippen LogP contribution is -2.49. The van der Waals surface area contributed by atoms with Gasteiger partial charge in [0.2, 0.25) is 5.91 Å². The Morgan fingerprint density at radius 2 is 1.59 bits per heavy atom. The Morgan fingerprint density at radius 1 is 0.941 bits per heavy atom. The smallest absolute Gasteiger partial charge is 0.407 e. The first kappa shape index (κ1) is 22.4. The molecule has 0 aromatic heterocycles. The summed E-state index contributed by atoms with van der Waals surface area (Å²) in [7, 11) is 0. The van der Waals surface area contributed by atoms with Gasteiger partial charge in [-0.1, -0.05) is 67.8 Å². The molecule has 0 saturated heterocycles. The molecule has 7 heteroatoms. The molecule has 0 bridgehead atoms. The Kier molecular flexibility index (Phi) is 6.26. The first-order valence-electron chi connectivity index (χ1n) is 12.2. The molecule has 3 N–H and O–H groups in total. The van der Waals surface area contributed by atoms with Crippen molar-refractivity contribution in [3.05, 3.63) is 59.7 Å². The summed E-state index contributed by atoms with van der Waals surface area (Å²) >= 11 is 0. The maximum Gasteiger partial charge on any atom is 0.407 e. The summed E-state index contributed by atoms with van der Waals surface area (Å²) in [4.78, 5) is 37.1. The molecule has 0 heterocycles. The number of fused-ring (bicyclic) bond motifs is 3. The SMILES string of the molecule is O=C(NC1CCCC1C(=O)NC(CC1CC1)C(=O)O)OCC1c2ccccc2-c2ccccc21. The zero-order chi connectivity index (χ0) is 23.7. The van der Waals surface area contributed by atoms with Crippen LogP contribution in [0.5, 0.6) is 0 Å². The predicted molar refractivity (Wildman–Crippen MR) is 126 cm³/mol. The highest BCUT2D eigenvalue weighted by Crippen LogP contribution is 2.44. The third-order valence-corrected chi connectivity index (χ3v) is 7.38. The molecule has 0 spiro atoms. The van der Waals surface area contributed by atoms with Crippen LogP contribution in [0.3, 0.4) is 0 Å². The number of benzene rings is 2. The molecule has 2 fully saturated rings. The summed E-state index contributed by atoms with van der Waals surface area (Å²) in [6, 6.07) is 15.1. The largest absolute Gasteiger partial charge is 0.480 e. The Morgan fingerprint density at radius 3 is 2.21 bits per heavy atom. The van der Waals surface area contributed by atoms with Gasteiger partial charge < -0.3 is 20.5 Å². The summed E-state index contributed by atoms with van der Waals surface area (Å²) in [5.41, 5.74) is 4.62. The van der Waals surface area contributed by atoms with Crippen molar-refractivity contribution in [2.75, 3.05) is 6.61 Å². The fourth-order valence-corrected chi connectivity index (χ4v) is 5.43. The van der Waals surface area contributed by atoms with Crippen LogP contribution in [0.15, 0.2) is 48.5 Å². The van der Waals surface area contributed by atoms with Crippen LogP contribution < -0.4 is 10.6 Å². The number of hydrogen-bond donors (Lipinski definition) is 3. The lowest BCUT2D eigenvalue weighted by molar-refractivity contribution is -0.142. The number of amides is 2. The fraction of sp³-hybridized carbons (Fsp3) is 0.444. The Bertz CT molecular complexity index is 1050. The van der Waals surface area contributed by atoms with E-state index < -0.39 is 24.0 Å². The Labute approximate surface area is 198 Å². The van der Waals surface area contributed by atoms with Crippen molar-refractivity contribution < 1.29 is 24.2 Å². The van der Waals surface area contributed by atoms with Crippen molar-refractivity contribution in [2.24, 2.45) is 11.8 Å². The molecule has 3 atom stereocenters. The summed E-state index contributed by atoms with van der Waals surface area (Å²) in [6.07, 6.45) is 4.06. The van der Waals surface area contributed by atoms with Crippen LogP contribution in [-0.2, 0) is 14.3 Å². The molecule has 3 aliphatic rings. The molecule has 0 aliphatic heterocycles. The van der Waals surface area contributed by atoms with Crippen LogP contribution >= 0.6 is 0 Å². The maximum absolute atomic E-state index is 12.8. The fourth-order valence-electron chi connectivity index (χ4n) is 5.43. The van der Waals surface area contributed by atoms with E-state index in [-0.39, 0.29) is 24.5 Å². The van der Waals surface area contributed by atoms with Crippen LogP contribution in [-0.4, -0.2) is 41.8 Å². The van der Waals surface area contributed by atoms with Crippen molar-refractivity contribution in [3.63, 3.8) is 0 Å². The number of rotatable bonds is 8. The molecule has 34 heavy (non-hydrogen) atoms. The first-order valence-corrected chi connectivity index (χ1v) is 12.2. The van der Waals surface area contributed by atoms with Gasteiger partial charge in [0, 0.05) is 12.0 Å². The molecule has 2 aromatic carbocycles. The summed E-state index contributed by atoms with van der Waals surface area (Å²) in [5.74, 6) is -1.38. The molecule has 3 aliphatic carbocycles. The molecule has 178 valence electrons. The van der Waals surface area contributed by atoms with E-state index in [1.807, 2.05) is 24.3 Å². The van der Waals surface area contributed by atoms with Gasteiger partial charge in [0.05, 0.1) is 5.92 Å². The number of nitrogens with one attached hydrogen (secondary N) is 2. The van der Waals surface area contributed by atoms with Gasteiger partial charge in [0.15, 0.2) is 0 Å². The van der Waals surface area contributed by atoms with E-state index in [4.69, 9.17) is 4.74 Å². The Hall–Kier alpha value is -3.35. The van der Waals surface area contributed by atoms with E-state index in [0.717, 1.165) is 30.4 Å². The molecule has 3 unspecified atom stereocenters. The minimum Gasteiger partial charge on any atom is -0.480 e. The van der Waals surface area contributed by atoms with Crippen molar-refractivity contribution in [1.29, 1.82) is 0 Å². The number of hydrogen-bond acceptors (Lipinski definition) is 4. The number of carbonyl (C=O) groups is 3. The molecule has 2 amide bonds. The summed E-state index contributed by atoms with van der Waals surface area (Å²) in [6.45, 7) is 0.214. The molecule has 5 rings (SSSR count). The zero-order valence-corrected chi connectivity index (χ0v) is 19.0. The van der Waals surface area contributed by atoms with E-state index in [1.165, 1.54) is 11.1 Å². The lowest BCUT2D eigenvalue weighted by Gasteiger charge is -2.23. The van der Waals surface area contributed by atoms with Gasteiger partial charge in [-0.2, -0.15) is 0 Å². The number of alkyl carbamates (subject to hydrolysis) is 1. The molecule has 2 aromatic rings. The average molecular weight is 463 g/mol. The van der Waals surface area contributed by atoms with Gasteiger partial charge in [0.1, 0.15) is 12.6 Å². The van der Waals surface area contributed by atoms with Gasteiger partial charge in [0.25, 0.3) is 0 Å². The highest BCUT2D eigenvalue weighted by Gasteiger charge is 2.38. The highest BCUT2D eigenvalue weighted by molar-refractivity contribution is 5.86. The molecule has 2 saturated carbocycles. The van der Waals surface area contributed by atoms with Crippen LogP contribution in [0.25, 0.3) is 11.1 Å². The summed E-state index contributed by atoms with van der Waals surface area (Å²) < 4.78 is 5.63. The second-order valence-electron chi connectivity index (χ2n) is 9.69. The van der Waals surface area contributed by atoms with E-state index >= 15 is 0 Å². The van der Waals surface area contributed by atoms with Crippen molar-refractivity contribution >= 4 is 18.0 Å². The van der Waals surface area contributed by atoms with Crippen molar-refractivity contribution in [3.8, 4) is 11.1 Å². The second kappa shape index (κ2) is 9.49. The number of ether oxygens (including phenoxy) is 1. The number of aliphatic carboxylic acids is 1. The van der Waals surface area contributed by atoms with E-state index in [2.05, 4.69) is 34.9 Å². The number of carboxylic acid groups (broad SMARTS) is 1. The lowest BCUT2D eigenvalue weighted by atomic mass is 9.98. The minimum atomic E-state index is -1.00. The molecule has 0 radical (unpaired) electrons. The quantitative estimate of drug-likeness (QED) is 0.549. The standard InChI is InChI=1S/C27H30N2O5/c30-25(28-24(26(31)32)14-16-12-13-16)21-10-5-11-23(21)29-27(33)34-15-22-19-8-3-1-6-17(19)18-7-2-4-9-20(18)22/h1-4,6-9,16,21-24H,5,10-15H2,(H,28,30)(H,29,33)(H,31,32). The van der Waals surface area contributed by atoms with E-state index in [0.29, 0.717) is 25.2 Å². The van der Waals surface area contributed by atoms with Crippen LogP contribution in [0.4, 0.5) is 4.79 Å². The summed E-state index contributed by atoms with van der Waals surface area (Å²) in [5, 5.41) is 15.0. The number of carboxylic acids is 1. The Balaban J connectivity index is 1.18. The maximum atomic E-state index is 12.8. The van der Waals surface area contributed by atoms with Crippen molar-refractivity contribution in [2.45, 2.75) is 56.5 Å². The van der Waals surface area contributed by atoms with Crippen LogP contribution in [0, 0.1) is 11.8 Å². The van der Waals surface area contributed by atoms with E-state index in [1.54, 1.807) is 0 Å². The molecular weight excluding hydrogens is 432 g/mol. The highest BCUT2D eigenvalue weighted by atomic mass is 16.5. The number of carbonyl (C=O) groups excluding carboxylic acids is 2. The third-order valence-electron chi connectivity index (χ3n) is 7.38. The topological polar surface area (TPSA) is 105 Å². The van der Waals surface area contributed by atoms with Crippen LogP contribution in [0.2, 0.25) is 0 Å². The monoisotopic (exact) mass is 462 g/mol. The van der Waals surface area contributed by atoms with Gasteiger partial charge >= 0.3 is 12.1 Å². The predicted octanol–water partition coefficient (Wildman–Crippen LogP) is 4.06. The minimum absolute atomic E-state index is 0.0282. The zero-order valence-electron chi connectivity index (χ0n) is 19.0. The third kappa shape index (κ3) is 4.65. The van der Waals surface area contributed by atoms with Crippen LogP contribution in [0.1, 0.15) is 55.6 Å². The first-order chi connectivity index (χ1) is 16.5. The molecule has 7 nitrogen and oxygen atoms in total.